The Morgan fingerprint density at radius 1 is 0.907 bits per heavy atom. The number of rotatable bonds is 17. The number of cyclic esters (lactones) is 1. The molecule has 1 aromatic heterocycles. The maximum Gasteiger partial charge on any atom is 0.323 e. The Morgan fingerprint density at radius 3 is 2.30 bits per heavy atom. The van der Waals surface area contributed by atoms with E-state index in [1.807, 2.05) is 19.1 Å². The molecule has 0 amide bonds. The first kappa shape index (κ1) is 38.9. The fourth-order valence-electron chi connectivity index (χ4n) is 7.41. The van der Waals surface area contributed by atoms with Gasteiger partial charge in [0.15, 0.2) is 5.78 Å². The number of aromatic nitrogens is 1. The van der Waals surface area contributed by atoms with Crippen LogP contribution in [0, 0.1) is 25.2 Å². The number of ketones is 1. The minimum atomic E-state index is -0.357. The van der Waals surface area contributed by atoms with Crippen LogP contribution in [-0.4, -0.2) is 81.7 Å². The molecule has 1 saturated carbocycles. The molecule has 2 fully saturated rings. The van der Waals surface area contributed by atoms with Crippen LogP contribution in [0.2, 0.25) is 0 Å². The van der Waals surface area contributed by atoms with Crippen LogP contribution >= 0.6 is 0 Å². The molecule has 6 rings (SSSR count). The third kappa shape index (κ3) is 8.94. The third-order valence-corrected chi connectivity index (χ3v) is 10.9. The van der Waals surface area contributed by atoms with E-state index in [1.54, 1.807) is 20.4 Å². The average molecular weight is 739 g/mol. The Hall–Kier alpha value is -4.78. The Kier molecular flexibility index (Phi) is 12.7. The molecule has 4 N–H and O–H groups in total. The van der Waals surface area contributed by atoms with Crippen molar-refractivity contribution in [3.05, 3.63) is 82.9 Å². The van der Waals surface area contributed by atoms with Crippen molar-refractivity contribution in [2.75, 3.05) is 57.8 Å². The van der Waals surface area contributed by atoms with Gasteiger partial charge in [0.2, 0.25) is 0 Å². The first-order chi connectivity index (χ1) is 26.1. The summed E-state index contributed by atoms with van der Waals surface area (Å²) in [4.78, 5) is 33.7. The van der Waals surface area contributed by atoms with Gasteiger partial charge >= 0.3 is 5.97 Å². The van der Waals surface area contributed by atoms with E-state index < -0.39 is 0 Å². The summed E-state index contributed by atoms with van der Waals surface area (Å²) in [7, 11) is 3.33. The van der Waals surface area contributed by atoms with Crippen molar-refractivity contribution in [1.82, 2.24) is 15.6 Å². The standard InChI is InChI=1S/C42H54N6O6/c1-26-13-14-36(40(26)49)44-20-29-19-43-31(17-38(29)51-5)22-53-25-48-35-12-8-10-33(28(35)3)32-9-7-11-34(27(32)2)45-21-30-18-39(52-6)42(4,23-46-30)24-47-37-15-16-54-41(37)50/h7-12,17-19,26,36-37,44-45,47-48H,13-16,20-25H2,1-6H3/t26?,36-,37-,42?/m0/s1. The van der Waals surface area contributed by atoms with Crippen molar-refractivity contribution < 1.29 is 28.5 Å². The second kappa shape index (κ2) is 17.6. The van der Waals surface area contributed by atoms with Gasteiger partial charge in [-0.1, -0.05) is 31.2 Å². The summed E-state index contributed by atoms with van der Waals surface area (Å²) < 4.78 is 22.5. The number of carbonyl (C=O) groups is 2. The number of hydrogen-bond acceptors (Lipinski definition) is 12. The zero-order valence-electron chi connectivity index (χ0n) is 32.3. The number of carbonyl (C=O) groups excluding carboxylic acids is 2. The molecular weight excluding hydrogens is 684 g/mol. The van der Waals surface area contributed by atoms with Gasteiger partial charge in [0.25, 0.3) is 0 Å². The van der Waals surface area contributed by atoms with Crippen LogP contribution in [0.15, 0.2) is 65.5 Å². The number of hydrogen-bond donors (Lipinski definition) is 4. The molecule has 1 saturated heterocycles. The highest BCUT2D eigenvalue weighted by atomic mass is 16.5. The predicted molar refractivity (Wildman–Crippen MR) is 211 cm³/mol. The number of Topliss-reactive ketones (excluding diaryl/α,β-unsaturated/α-hetero) is 1. The first-order valence-corrected chi connectivity index (χ1v) is 18.8. The molecule has 288 valence electrons. The maximum absolute atomic E-state index is 12.3. The zero-order chi connectivity index (χ0) is 38.2. The molecule has 2 aliphatic heterocycles. The molecule has 0 spiro atoms. The van der Waals surface area contributed by atoms with E-state index in [2.05, 4.69) is 83.4 Å². The highest BCUT2D eigenvalue weighted by Gasteiger charge is 2.36. The van der Waals surface area contributed by atoms with Crippen LogP contribution in [0.3, 0.4) is 0 Å². The fraction of sp³-hybridized carbons (Fsp3) is 0.476. The highest BCUT2D eigenvalue weighted by Crippen LogP contribution is 2.35. The number of nitrogens with zero attached hydrogens (tertiary/aromatic N) is 2. The van der Waals surface area contributed by atoms with Gasteiger partial charge < -0.3 is 40.2 Å². The van der Waals surface area contributed by atoms with Gasteiger partial charge in [-0.15, -0.1) is 0 Å². The van der Waals surface area contributed by atoms with E-state index in [0.717, 1.165) is 74.9 Å². The molecule has 12 nitrogen and oxygen atoms in total. The largest absolute Gasteiger partial charge is 0.500 e. The Labute approximate surface area is 318 Å². The lowest BCUT2D eigenvalue weighted by molar-refractivity contribution is -0.139. The van der Waals surface area contributed by atoms with Crippen LogP contribution in [0.5, 0.6) is 5.75 Å². The van der Waals surface area contributed by atoms with Crippen LogP contribution in [0.25, 0.3) is 11.1 Å². The molecule has 3 aromatic rings. The number of pyridine rings is 1. The van der Waals surface area contributed by atoms with Crippen LogP contribution < -0.4 is 26.0 Å². The van der Waals surface area contributed by atoms with E-state index in [-0.39, 0.29) is 35.2 Å². The molecule has 0 bridgehead atoms. The van der Waals surface area contributed by atoms with Gasteiger partial charge in [0, 0.05) is 54.6 Å². The monoisotopic (exact) mass is 738 g/mol. The minimum absolute atomic E-state index is 0.102. The number of dihydropyridines is 1. The smallest absolute Gasteiger partial charge is 0.323 e. The van der Waals surface area contributed by atoms with Gasteiger partial charge in [-0.2, -0.15) is 0 Å². The minimum Gasteiger partial charge on any atom is -0.500 e. The first-order valence-electron chi connectivity index (χ1n) is 18.8. The molecule has 54 heavy (non-hydrogen) atoms. The summed E-state index contributed by atoms with van der Waals surface area (Å²) in [6.07, 6.45) is 6.28. The van der Waals surface area contributed by atoms with Crippen molar-refractivity contribution in [2.45, 2.75) is 72.2 Å². The quantitative estimate of drug-likeness (QED) is 0.0767. The van der Waals surface area contributed by atoms with Crippen LogP contribution in [0.1, 0.15) is 55.5 Å². The second-order valence-electron chi connectivity index (χ2n) is 14.8. The number of nitrogens with one attached hydrogen (secondary N) is 4. The Bertz CT molecular complexity index is 1890. The van der Waals surface area contributed by atoms with Crippen molar-refractivity contribution in [1.29, 1.82) is 0 Å². The number of benzene rings is 2. The van der Waals surface area contributed by atoms with Gasteiger partial charge in [-0.25, -0.2) is 0 Å². The summed E-state index contributed by atoms with van der Waals surface area (Å²) in [5, 5.41) is 13.8. The lowest BCUT2D eigenvalue weighted by atomic mass is 9.85. The lowest BCUT2D eigenvalue weighted by Gasteiger charge is -2.33. The van der Waals surface area contributed by atoms with E-state index in [0.29, 0.717) is 52.5 Å². The van der Waals surface area contributed by atoms with Crippen molar-refractivity contribution in [3.63, 3.8) is 0 Å². The van der Waals surface area contributed by atoms with Crippen molar-refractivity contribution in [2.24, 2.45) is 16.3 Å². The van der Waals surface area contributed by atoms with E-state index >= 15 is 0 Å². The number of methoxy groups -OCH3 is 2. The predicted octanol–water partition coefficient (Wildman–Crippen LogP) is 5.73. The third-order valence-electron chi connectivity index (χ3n) is 10.9. The summed E-state index contributed by atoms with van der Waals surface area (Å²) in [5.74, 6) is 1.78. The van der Waals surface area contributed by atoms with E-state index in [9.17, 15) is 9.59 Å². The summed E-state index contributed by atoms with van der Waals surface area (Å²) in [5.41, 5.74) is 8.79. The topological polar surface area (TPSA) is 144 Å². The average Bonchev–Trinajstić information content (AvgIpc) is 3.74. The van der Waals surface area contributed by atoms with Gasteiger partial charge in [0.05, 0.1) is 63.4 Å². The van der Waals surface area contributed by atoms with Crippen molar-refractivity contribution >= 4 is 28.8 Å². The van der Waals surface area contributed by atoms with Gasteiger partial charge in [-0.05, 0) is 74.1 Å². The second-order valence-corrected chi connectivity index (χ2v) is 14.8. The maximum atomic E-state index is 12.3. The van der Waals surface area contributed by atoms with Crippen molar-refractivity contribution in [3.8, 4) is 16.9 Å². The molecular formula is C42H54N6O6. The van der Waals surface area contributed by atoms with Gasteiger partial charge in [-0.3, -0.25) is 19.6 Å². The van der Waals surface area contributed by atoms with Crippen LogP contribution in [-0.2, 0) is 37.0 Å². The van der Waals surface area contributed by atoms with E-state index in [4.69, 9.17) is 23.9 Å². The molecule has 2 unspecified atom stereocenters. The number of aliphatic imine (C=N–C) groups is 1. The Balaban J connectivity index is 1.02. The van der Waals surface area contributed by atoms with E-state index in [1.165, 1.54) is 0 Å². The normalized spacial score (nSPS) is 22.4. The summed E-state index contributed by atoms with van der Waals surface area (Å²) in [6.45, 7) is 11.6. The number of ether oxygens (including phenoxy) is 4. The summed E-state index contributed by atoms with van der Waals surface area (Å²) in [6, 6.07) is 14.1. The molecule has 2 aromatic carbocycles. The molecule has 3 aliphatic rings. The summed E-state index contributed by atoms with van der Waals surface area (Å²) >= 11 is 0. The number of esters is 1. The number of anilines is 2. The SMILES string of the molecule is COC1=CC(CNc2cccc(-c3cccc(NCOCc4cc(OC)c(CN[C@H]5CCC(C)C5=O)cn4)c3C)c2C)=NCC1(C)CN[C@H]1CCOC1=O. The van der Waals surface area contributed by atoms with Gasteiger partial charge in [0.1, 0.15) is 24.3 Å². The molecule has 12 heteroatoms. The Morgan fingerprint density at radius 2 is 1.65 bits per heavy atom. The molecule has 1 aliphatic carbocycles. The molecule has 3 heterocycles. The lowest BCUT2D eigenvalue weighted by Crippen LogP contribution is -2.44. The molecule has 0 radical (unpaired) electrons. The highest BCUT2D eigenvalue weighted by molar-refractivity contribution is 5.99. The van der Waals surface area contributed by atoms with Crippen LogP contribution in [0.4, 0.5) is 11.4 Å². The zero-order valence-corrected chi connectivity index (χ0v) is 32.3. The fourth-order valence-corrected chi connectivity index (χ4v) is 7.41. The molecule has 4 atom stereocenters.